The number of nitrogens with zero attached hydrogens (tertiary/aromatic N) is 3. The van der Waals surface area contributed by atoms with Gasteiger partial charge in [0.05, 0.1) is 0 Å². The van der Waals surface area contributed by atoms with E-state index in [-0.39, 0.29) is 5.92 Å². The normalized spacial score (nSPS) is 16.8. The molecular formula is C45H33N3O. The van der Waals surface area contributed by atoms with Gasteiger partial charge >= 0.3 is 0 Å². The van der Waals surface area contributed by atoms with Gasteiger partial charge in [0.2, 0.25) is 0 Å². The number of para-hydroxylation sites is 1. The highest BCUT2D eigenvalue weighted by Crippen LogP contribution is 2.47. The molecule has 0 aliphatic heterocycles. The molecular weight excluding hydrogens is 599 g/mol. The second-order valence-electron chi connectivity index (χ2n) is 12.7. The van der Waals surface area contributed by atoms with Gasteiger partial charge in [-0.05, 0) is 47.1 Å². The van der Waals surface area contributed by atoms with Crippen molar-refractivity contribution in [2.24, 2.45) is 5.92 Å². The fourth-order valence-corrected chi connectivity index (χ4v) is 7.17. The Hall–Kier alpha value is -6.13. The van der Waals surface area contributed by atoms with E-state index in [0.717, 1.165) is 63.0 Å². The van der Waals surface area contributed by atoms with Gasteiger partial charge in [-0.1, -0.05) is 158 Å². The van der Waals surface area contributed by atoms with Gasteiger partial charge in [0, 0.05) is 33.6 Å². The average Bonchev–Trinajstić information content (AvgIpc) is 3.58. The predicted molar refractivity (Wildman–Crippen MR) is 199 cm³/mol. The van der Waals surface area contributed by atoms with Crippen LogP contribution < -0.4 is 0 Å². The van der Waals surface area contributed by atoms with Gasteiger partial charge in [-0.25, -0.2) is 15.0 Å². The zero-order valence-corrected chi connectivity index (χ0v) is 26.9. The molecule has 2 aliphatic rings. The summed E-state index contributed by atoms with van der Waals surface area (Å²) in [5, 5.41) is 1.09. The molecule has 49 heavy (non-hydrogen) atoms. The first kappa shape index (κ1) is 29.0. The number of fused-ring (bicyclic) bond motifs is 3. The summed E-state index contributed by atoms with van der Waals surface area (Å²) in [5.74, 6) is 3.61. The van der Waals surface area contributed by atoms with Crippen molar-refractivity contribution >= 4 is 16.5 Å². The van der Waals surface area contributed by atoms with Crippen molar-refractivity contribution in [1.82, 2.24) is 15.0 Å². The van der Waals surface area contributed by atoms with E-state index in [1.165, 1.54) is 11.1 Å². The highest BCUT2D eigenvalue weighted by molar-refractivity contribution is 5.97. The molecule has 4 nitrogen and oxygen atoms in total. The number of allylic oxidation sites excluding steroid dienone is 5. The fourth-order valence-electron chi connectivity index (χ4n) is 7.17. The van der Waals surface area contributed by atoms with Crippen LogP contribution in [0.3, 0.4) is 0 Å². The van der Waals surface area contributed by atoms with Crippen LogP contribution >= 0.6 is 0 Å². The second-order valence-corrected chi connectivity index (χ2v) is 12.7. The van der Waals surface area contributed by atoms with E-state index < -0.39 is 0 Å². The highest BCUT2D eigenvalue weighted by atomic mass is 16.3. The van der Waals surface area contributed by atoms with E-state index >= 15 is 0 Å². The summed E-state index contributed by atoms with van der Waals surface area (Å²) in [5.41, 5.74) is 9.61. The lowest BCUT2D eigenvalue weighted by atomic mass is 9.77. The monoisotopic (exact) mass is 631 g/mol. The summed E-state index contributed by atoms with van der Waals surface area (Å²) < 4.78 is 6.66. The first-order valence-corrected chi connectivity index (χ1v) is 16.9. The van der Waals surface area contributed by atoms with Crippen LogP contribution in [0.1, 0.15) is 35.9 Å². The molecule has 2 aromatic heterocycles. The van der Waals surface area contributed by atoms with Gasteiger partial charge in [0.25, 0.3) is 0 Å². The van der Waals surface area contributed by atoms with Crippen LogP contribution in [0.15, 0.2) is 168 Å². The molecule has 0 spiro atoms. The zero-order valence-electron chi connectivity index (χ0n) is 26.9. The molecule has 234 valence electrons. The number of aromatic nitrogens is 3. The Morgan fingerprint density at radius 1 is 0.490 bits per heavy atom. The van der Waals surface area contributed by atoms with Crippen molar-refractivity contribution < 1.29 is 4.42 Å². The number of benzene rings is 5. The lowest BCUT2D eigenvalue weighted by Gasteiger charge is -2.27. The zero-order chi connectivity index (χ0) is 32.6. The molecule has 0 amide bonds. The van der Waals surface area contributed by atoms with Crippen LogP contribution in [0, 0.1) is 5.92 Å². The molecule has 7 aromatic rings. The van der Waals surface area contributed by atoms with Crippen molar-refractivity contribution in [3.63, 3.8) is 0 Å². The van der Waals surface area contributed by atoms with Crippen LogP contribution in [0.4, 0.5) is 0 Å². The minimum Gasteiger partial charge on any atom is -0.460 e. The van der Waals surface area contributed by atoms with Crippen LogP contribution in [0.2, 0.25) is 0 Å². The Balaban J connectivity index is 1.12. The number of hydrogen-bond donors (Lipinski definition) is 0. The molecule has 2 aliphatic carbocycles. The molecule has 5 aromatic carbocycles. The lowest BCUT2D eigenvalue weighted by Crippen LogP contribution is -2.16. The van der Waals surface area contributed by atoms with Crippen molar-refractivity contribution in [3.05, 3.63) is 181 Å². The van der Waals surface area contributed by atoms with E-state index in [9.17, 15) is 0 Å². The molecule has 2 atom stereocenters. The second kappa shape index (κ2) is 12.5. The molecule has 0 bridgehead atoms. The van der Waals surface area contributed by atoms with Crippen molar-refractivity contribution in [3.8, 4) is 45.0 Å². The SMILES string of the molecule is C1=CCC(C2CC=C(c3nc(-c4ccccc4)nc(-c4ccc(-c5ccc(-c6ccccc6)cc5)cc4)n3)c3c2oc2ccccc32)C=C1. The summed E-state index contributed by atoms with van der Waals surface area (Å²) in [6, 6.07) is 46.2. The molecule has 4 heteroatoms. The number of rotatable bonds is 6. The molecule has 0 N–H and O–H groups in total. The Kier molecular flexibility index (Phi) is 7.39. The van der Waals surface area contributed by atoms with Gasteiger partial charge in [-0.2, -0.15) is 0 Å². The van der Waals surface area contributed by atoms with E-state index in [1.807, 2.05) is 30.3 Å². The largest absolute Gasteiger partial charge is 0.460 e. The maximum absolute atomic E-state index is 6.66. The van der Waals surface area contributed by atoms with Crippen molar-refractivity contribution in [1.29, 1.82) is 0 Å². The molecule has 2 heterocycles. The summed E-state index contributed by atoms with van der Waals surface area (Å²) in [4.78, 5) is 15.3. The van der Waals surface area contributed by atoms with Crippen molar-refractivity contribution in [2.75, 3.05) is 0 Å². The Bertz CT molecular complexity index is 2370. The number of hydrogen-bond acceptors (Lipinski definition) is 4. The van der Waals surface area contributed by atoms with Crippen molar-refractivity contribution in [2.45, 2.75) is 18.8 Å². The van der Waals surface area contributed by atoms with Crippen LogP contribution in [0.5, 0.6) is 0 Å². The quantitative estimate of drug-likeness (QED) is 0.183. The van der Waals surface area contributed by atoms with Gasteiger partial charge in [-0.15, -0.1) is 0 Å². The first-order chi connectivity index (χ1) is 24.3. The molecule has 0 fully saturated rings. The smallest absolute Gasteiger partial charge is 0.164 e. The van der Waals surface area contributed by atoms with Gasteiger partial charge in [0.15, 0.2) is 17.5 Å². The van der Waals surface area contributed by atoms with E-state index in [1.54, 1.807) is 0 Å². The Morgan fingerprint density at radius 2 is 1.02 bits per heavy atom. The molecule has 2 unspecified atom stereocenters. The van der Waals surface area contributed by atoms with Crippen LogP contribution in [-0.2, 0) is 0 Å². The lowest BCUT2D eigenvalue weighted by molar-refractivity contribution is 0.413. The minimum atomic E-state index is 0.247. The number of furan rings is 1. The summed E-state index contributed by atoms with van der Waals surface area (Å²) >= 11 is 0. The maximum Gasteiger partial charge on any atom is 0.164 e. The summed E-state index contributed by atoms with van der Waals surface area (Å²) in [7, 11) is 0. The minimum absolute atomic E-state index is 0.247. The maximum atomic E-state index is 6.66. The third kappa shape index (κ3) is 5.51. The van der Waals surface area contributed by atoms with Crippen LogP contribution in [0.25, 0.3) is 61.6 Å². The van der Waals surface area contributed by atoms with Crippen LogP contribution in [-0.4, -0.2) is 15.0 Å². The molecule has 0 radical (unpaired) electrons. The third-order valence-corrected chi connectivity index (χ3v) is 9.71. The fraction of sp³-hybridized carbons (Fsp3) is 0.0889. The average molecular weight is 632 g/mol. The predicted octanol–water partition coefficient (Wildman–Crippen LogP) is 11.3. The third-order valence-electron chi connectivity index (χ3n) is 9.71. The highest BCUT2D eigenvalue weighted by Gasteiger charge is 2.34. The summed E-state index contributed by atoms with van der Waals surface area (Å²) in [6.45, 7) is 0. The van der Waals surface area contributed by atoms with E-state index in [2.05, 4.69) is 134 Å². The van der Waals surface area contributed by atoms with Gasteiger partial charge < -0.3 is 4.42 Å². The summed E-state index contributed by atoms with van der Waals surface area (Å²) in [6.07, 6.45) is 13.0. The molecule has 0 saturated carbocycles. The molecule has 0 saturated heterocycles. The van der Waals surface area contributed by atoms with E-state index in [0.29, 0.717) is 23.4 Å². The van der Waals surface area contributed by atoms with E-state index in [4.69, 9.17) is 19.4 Å². The Labute approximate surface area is 285 Å². The Morgan fingerprint density at radius 3 is 1.65 bits per heavy atom. The van der Waals surface area contributed by atoms with Gasteiger partial charge in [0.1, 0.15) is 11.3 Å². The standard InChI is InChI=1S/C45H33N3O/c1-4-12-30(13-5-1)31-20-22-32(23-21-31)33-24-26-36(27-25-33)44-46-43(35-16-8-3-9-17-35)47-45(48-44)39-29-28-37(34-14-6-2-7-15-34)42-41(39)38-18-10-11-19-40(38)49-42/h1-14,16-27,29,34,37H,15,28H2. The van der Waals surface area contributed by atoms with Gasteiger partial charge in [-0.3, -0.25) is 0 Å². The molecule has 9 rings (SSSR count). The first-order valence-electron chi connectivity index (χ1n) is 16.9. The topological polar surface area (TPSA) is 51.8 Å².